The molecule has 3 amide bonds. The monoisotopic (exact) mass is 468 g/mol. The van der Waals surface area contributed by atoms with Crippen molar-refractivity contribution < 1.29 is 28.6 Å². The van der Waals surface area contributed by atoms with Gasteiger partial charge in [0.1, 0.15) is 18.7 Å². The highest BCUT2D eigenvalue weighted by Gasteiger charge is 2.52. The zero-order valence-corrected chi connectivity index (χ0v) is 18.2. The summed E-state index contributed by atoms with van der Waals surface area (Å²) in [6.07, 6.45) is 3.00. The molecule has 2 aliphatic rings. The third-order valence-electron chi connectivity index (χ3n) is 5.09. The lowest BCUT2D eigenvalue weighted by molar-refractivity contribution is -0.148. The number of halogens is 1. The Kier molecular flexibility index (Phi) is 6.66. The van der Waals surface area contributed by atoms with E-state index in [0.717, 1.165) is 17.7 Å². The highest BCUT2D eigenvalue weighted by Crippen LogP contribution is 2.36. The number of amides is 3. The van der Waals surface area contributed by atoms with Crippen LogP contribution in [0.2, 0.25) is 0 Å². The van der Waals surface area contributed by atoms with Gasteiger partial charge in [-0.2, -0.15) is 0 Å². The fourth-order valence-electron chi connectivity index (χ4n) is 3.69. The fourth-order valence-corrected chi connectivity index (χ4v) is 4.13. The number of urea groups is 1. The van der Waals surface area contributed by atoms with Crippen LogP contribution in [0.3, 0.4) is 0 Å². The number of esters is 1. The van der Waals surface area contributed by atoms with E-state index in [4.69, 9.17) is 14.2 Å². The Bertz CT molecular complexity index is 806. The van der Waals surface area contributed by atoms with Crippen molar-refractivity contribution in [3.8, 4) is 11.5 Å². The molecule has 9 heteroatoms. The molecule has 1 saturated carbocycles. The van der Waals surface area contributed by atoms with Gasteiger partial charge in [-0.25, -0.2) is 4.79 Å². The molecule has 1 aliphatic heterocycles. The van der Waals surface area contributed by atoms with Crippen LogP contribution in [0.15, 0.2) is 16.6 Å². The maximum absolute atomic E-state index is 12.6. The summed E-state index contributed by atoms with van der Waals surface area (Å²) in [5.74, 6) is 0.165. The molecule has 0 bridgehead atoms. The number of carbonyl (C=O) groups excluding carboxylic acids is 3. The van der Waals surface area contributed by atoms with Crippen LogP contribution in [-0.4, -0.2) is 48.1 Å². The van der Waals surface area contributed by atoms with Gasteiger partial charge >= 0.3 is 12.0 Å². The van der Waals surface area contributed by atoms with Crippen LogP contribution in [0.25, 0.3) is 0 Å². The number of rotatable bonds is 8. The third-order valence-corrected chi connectivity index (χ3v) is 5.83. The topological polar surface area (TPSA) is 94.2 Å². The SMILES string of the molecule is CCOc1cc(Br)c(COC(=O)CN2C(=O)NC3(CCCC3)C2=O)cc1OCC. The first-order valence-electron chi connectivity index (χ1n) is 9.78. The normalized spacial score (nSPS) is 17.6. The highest BCUT2D eigenvalue weighted by molar-refractivity contribution is 9.10. The zero-order valence-electron chi connectivity index (χ0n) is 16.6. The standard InChI is InChI=1S/C20H25BrN2O6/c1-3-27-15-9-13(14(21)10-16(15)28-4-2)12-29-17(24)11-23-18(25)20(22-19(23)26)7-5-6-8-20/h9-10H,3-8,11-12H2,1-2H3,(H,22,26). The Morgan fingerprint density at radius 2 is 1.76 bits per heavy atom. The van der Waals surface area contributed by atoms with E-state index < -0.39 is 24.1 Å². The van der Waals surface area contributed by atoms with Crippen LogP contribution in [0.4, 0.5) is 4.79 Å². The lowest BCUT2D eigenvalue weighted by Gasteiger charge is -2.19. The first-order chi connectivity index (χ1) is 13.9. The van der Waals surface area contributed by atoms with Crippen molar-refractivity contribution in [2.45, 2.75) is 51.7 Å². The van der Waals surface area contributed by atoms with Gasteiger partial charge in [-0.1, -0.05) is 28.8 Å². The molecular formula is C20H25BrN2O6. The average molecular weight is 469 g/mol. The van der Waals surface area contributed by atoms with E-state index in [1.54, 1.807) is 12.1 Å². The van der Waals surface area contributed by atoms with Crippen molar-refractivity contribution in [3.05, 3.63) is 22.2 Å². The molecule has 0 unspecified atom stereocenters. The molecule has 8 nitrogen and oxygen atoms in total. The van der Waals surface area contributed by atoms with Crippen molar-refractivity contribution in [3.63, 3.8) is 0 Å². The average Bonchev–Trinajstić information content (AvgIpc) is 3.24. The Balaban J connectivity index is 1.63. The van der Waals surface area contributed by atoms with Crippen LogP contribution in [-0.2, 0) is 20.9 Å². The third kappa shape index (κ3) is 4.49. The van der Waals surface area contributed by atoms with Crippen LogP contribution in [0.1, 0.15) is 45.1 Å². The number of benzene rings is 1. The van der Waals surface area contributed by atoms with E-state index in [9.17, 15) is 14.4 Å². The second-order valence-electron chi connectivity index (χ2n) is 7.03. The molecule has 1 N–H and O–H groups in total. The lowest BCUT2D eigenvalue weighted by atomic mass is 9.98. The number of carbonyl (C=O) groups is 3. The van der Waals surface area contributed by atoms with Crippen LogP contribution in [0, 0.1) is 0 Å². The Morgan fingerprint density at radius 3 is 2.38 bits per heavy atom. The predicted octanol–water partition coefficient (Wildman–Crippen LogP) is 3.15. The first kappa shape index (κ1) is 21.4. The molecule has 0 atom stereocenters. The number of imide groups is 1. The molecule has 1 aliphatic carbocycles. The maximum Gasteiger partial charge on any atom is 0.326 e. The molecule has 1 heterocycles. The first-order valence-corrected chi connectivity index (χ1v) is 10.6. The highest BCUT2D eigenvalue weighted by atomic mass is 79.9. The van der Waals surface area contributed by atoms with E-state index in [0.29, 0.717) is 47.6 Å². The minimum absolute atomic E-state index is 0.0271. The van der Waals surface area contributed by atoms with Gasteiger partial charge in [-0.05, 0) is 38.8 Å². The van der Waals surface area contributed by atoms with Gasteiger partial charge in [-0.3, -0.25) is 14.5 Å². The summed E-state index contributed by atoms with van der Waals surface area (Å²) < 4.78 is 17.2. The van der Waals surface area contributed by atoms with E-state index in [1.165, 1.54) is 0 Å². The van der Waals surface area contributed by atoms with Crippen molar-refractivity contribution in [2.75, 3.05) is 19.8 Å². The van der Waals surface area contributed by atoms with Crippen LogP contribution in [0.5, 0.6) is 11.5 Å². The van der Waals surface area contributed by atoms with Crippen LogP contribution < -0.4 is 14.8 Å². The second kappa shape index (κ2) is 9.02. The van der Waals surface area contributed by atoms with Gasteiger partial charge in [0.15, 0.2) is 11.5 Å². The quantitative estimate of drug-likeness (QED) is 0.465. The van der Waals surface area contributed by atoms with E-state index >= 15 is 0 Å². The molecule has 1 saturated heterocycles. The Hall–Kier alpha value is -2.29. The number of hydrogen-bond donors (Lipinski definition) is 1. The van der Waals surface area contributed by atoms with E-state index in [1.807, 2.05) is 13.8 Å². The van der Waals surface area contributed by atoms with Gasteiger partial charge in [0.2, 0.25) is 0 Å². The number of hydrogen-bond acceptors (Lipinski definition) is 6. The summed E-state index contributed by atoms with van der Waals surface area (Å²) in [5.41, 5.74) is -0.142. The molecule has 1 spiro atoms. The fraction of sp³-hybridized carbons (Fsp3) is 0.550. The summed E-state index contributed by atoms with van der Waals surface area (Å²) in [7, 11) is 0. The molecule has 1 aromatic carbocycles. The molecular weight excluding hydrogens is 444 g/mol. The van der Waals surface area contributed by atoms with Crippen molar-refractivity contribution in [1.29, 1.82) is 0 Å². The van der Waals surface area contributed by atoms with Crippen molar-refractivity contribution in [2.24, 2.45) is 0 Å². The predicted molar refractivity (Wildman–Crippen MR) is 108 cm³/mol. The Labute approximate surface area is 178 Å². The second-order valence-corrected chi connectivity index (χ2v) is 7.88. The van der Waals surface area contributed by atoms with E-state index in [2.05, 4.69) is 21.2 Å². The zero-order chi connectivity index (χ0) is 21.0. The summed E-state index contributed by atoms with van der Waals surface area (Å²) in [5, 5.41) is 2.75. The summed E-state index contributed by atoms with van der Waals surface area (Å²) in [6.45, 7) is 4.28. The van der Waals surface area contributed by atoms with Gasteiger partial charge in [0.05, 0.1) is 13.2 Å². The minimum Gasteiger partial charge on any atom is -0.490 e. The van der Waals surface area contributed by atoms with Gasteiger partial charge in [0, 0.05) is 10.0 Å². The largest absolute Gasteiger partial charge is 0.490 e. The van der Waals surface area contributed by atoms with Gasteiger partial charge in [0.25, 0.3) is 5.91 Å². The van der Waals surface area contributed by atoms with Crippen LogP contribution >= 0.6 is 15.9 Å². The summed E-state index contributed by atoms with van der Waals surface area (Å²) in [6, 6.07) is 2.97. The Morgan fingerprint density at radius 1 is 1.14 bits per heavy atom. The van der Waals surface area contributed by atoms with Gasteiger partial charge < -0.3 is 19.5 Å². The molecule has 0 aromatic heterocycles. The molecule has 2 fully saturated rings. The smallest absolute Gasteiger partial charge is 0.326 e. The number of nitrogens with zero attached hydrogens (tertiary/aromatic N) is 1. The molecule has 3 rings (SSSR count). The summed E-state index contributed by atoms with van der Waals surface area (Å²) >= 11 is 3.44. The number of nitrogens with one attached hydrogen (secondary N) is 1. The summed E-state index contributed by atoms with van der Waals surface area (Å²) in [4.78, 5) is 38.0. The van der Waals surface area contributed by atoms with Gasteiger partial charge in [-0.15, -0.1) is 0 Å². The molecule has 0 radical (unpaired) electrons. The maximum atomic E-state index is 12.6. The van der Waals surface area contributed by atoms with Crippen molar-refractivity contribution >= 4 is 33.8 Å². The molecule has 158 valence electrons. The van der Waals surface area contributed by atoms with Crippen molar-refractivity contribution in [1.82, 2.24) is 10.2 Å². The minimum atomic E-state index is -0.831. The molecule has 1 aromatic rings. The number of ether oxygens (including phenoxy) is 3. The lowest BCUT2D eigenvalue weighted by Crippen LogP contribution is -2.44. The molecule has 29 heavy (non-hydrogen) atoms. The van der Waals surface area contributed by atoms with E-state index in [-0.39, 0.29) is 12.5 Å².